The average Bonchev–Trinajstić information content (AvgIpc) is 2.21. The topological polar surface area (TPSA) is 44.5 Å². The van der Waals surface area contributed by atoms with Crippen LogP contribution in [0, 0.1) is 5.82 Å². The smallest absolute Gasteiger partial charge is 0.198 e. The molecule has 0 bridgehead atoms. The number of hydrogen-bond acceptors (Lipinski definition) is 3. The van der Waals surface area contributed by atoms with Gasteiger partial charge in [-0.05, 0) is 35.3 Å². The fourth-order valence-electron chi connectivity index (χ4n) is 1.54. The van der Waals surface area contributed by atoms with Crippen molar-refractivity contribution in [1.82, 2.24) is 0 Å². The number of halogens is 2. The first-order chi connectivity index (χ1) is 7.51. The Morgan fingerprint density at radius 2 is 1.94 bits per heavy atom. The molecule has 5 heteroatoms. The first-order valence-corrected chi connectivity index (χ1v) is 5.65. The third-order valence-electron chi connectivity index (χ3n) is 2.16. The molecular formula is C11H15BrFNO2. The summed E-state index contributed by atoms with van der Waals surface area (Å²) >= 11 is 3.14. The number of methoxy groups -OCH3 is 2. The van der Waals surface area contributed by atoms with Crippen molar-refractivity contribution in [2.24, 2.45) is 5.73 Å². The van der Waals surface area contributed by atoms with Crippen molar-refractivity contribution in [3.8, 4) is 11.5 Å². The summed E-state index contributed by atoms with van der Waals surface area (Å²) in [6.07, 6.45) is 0.596. The second-order valence-electron chi connectivity index (χ2n) is 3.58. The minimum absolute atomic E-state index is 0.0315. The molecule has 0 spiro atoms. The van der Waals surface area contributed by atoms with Crippen LogP contribution in [-0.4, -0.2) is 20.3 Å². The Balaban J connectivity index is 3.31. The monoisotopic (exact) mass is 291 g/mol. The molecule has 1 rings (SSSR count). The summed E-state index contributed by atoms with van der Waals surface area (Å²) in [7, 11) is 2.89. The summed E-state index contributed by atoms with van der Waals surface area (Å²) in [6.45, 7) is 1.88. The Morgan fingerprint density at radius 1 is 1.38 bits per heavy atom. The number of nitrogens with two attached hydrogens (primary N) is 1. The Bertz CT molecular complexity index is 383. The molecule has 2 N–H and O–H groups in total. The molecule has 1 atom stereocenters. The van der Waals surface area contributed by atoms with Crippen molar-refractivity contribution in [1.29, 1.82) is 0 Å². The molecule has 90 valence electrons. The van der Waals surface area contributed by atoms with Gasteiger partial charge in [-0.3, -0.25) is 0 Å². The summed E-state index contributed by atoms with van der Waals surface area (Å²) in [5.74, 6) is 0.0424. The van der Waals surface area contributed by atoms with Crippen LogP contribution in [0.2, 0.25) is 0 Å². The van der Waals surface area contributed by atoms with Crippen molar-refractivity contribution in [3.63, 3.8) is 0 Å². The predicted octanol–water partition coefficient (Wildman–Crippen LogP) is 2.50. The first kappa shape index (κ1) is 13.3. The van der Waals surface area contributed by atoms with Crippen molar-refractivity contribution < 1.29 is 13.9 Å². The van der Waals surface area contributed by atoms with Gasteiger partial charge in [0.2, 0.25) is 0 Å². The lowest BCUT2D eigenvalue weighted by molar-refractivity contribution is 0.333. The lowest BCUT2D eigenvalue weighted by Gasteiger charge is -2.15. The second-order valence-corrected chi connectivity index (χ2v) is 4.43. The molecule has 0 aliphatic heterocycles. The number of rotatable bonds is 4. The lowest BCUT2D eigenvalue weighted by Crippen LogP contribution is -2.18. The van der Waals surface area contributed by atoms with Crippen LogP contribution in [0.1, 0.15) is 12.5 Å². The van der Waals surface area contributed by atoms with Gasteiger partial charge in [0.15, 0.2) is 17.3 Å². The van der Waals surface area contributed by atoms with Crippen molar-refractivity contribution in [2.45, 2.75) is 19.4 Å². The molecular weight excluding hydrogens is 277 g/mol. The second kappa shape index (κ2) is 5.50. The highest BCUT2D eigenvalue weighted by molar-refractivity contribution is 9.10. The number of ether oxygens (including phenoxy) is 2. The van der Waals surface area contributed by atoms with Crippen LogP contribution in [0.15, 0.2) is 10.5 Å². The van der Waals surface area contributed by atoms with E-state index in [1.165, 1.54) is 14.2 Å². The van der Waals surface area contributed by atoms with Crippen LogP contribution >= 0.6 is 15.9 Å². The summed E-state index contributed by atoms with van der Waals surface area (Å²) in [4.78, 5) is 0. The molecule has 0 aromatic heterocycles. The highest BCUT2D eigenvalue weighted by Crippen LogP contribution is 2.38. The molecule has 0 aliphatic carbocycles. The van der Waals surface area contributed by atoms with E-state index in [1.807, 2.05) is 6.92 Å². The summed E-state index contributed by atoms with van der Waals surface area (Å²) in [5.41, 5.74) is 6.54. The standard InChI is InChI=1S/C11H15BrFNO2/c1-6(14)4-7-5-8(12)9(13)11(16-3)10(7)15-2/h5-6H,4,14H2,1-3H3. The van der Waals surface area contributed by atoms with Crippen LogP contribution in [0.25, 0.3) is 0 Å². The van der Waals surface area contributed by atoms with E-state index in [1.54, 1.807) is 6.07 Å². The van der Waals surface area contributed by atoms with Crippen LogP contribution in [0.3, 0.4) is 0 Å². The zero-order chi connectivity index (χ0) is 12.3. The molecule has 0 fully saturated rings. The van der Waals surface area contributed by atoms with Gasteiger partial charge >= 0.3 is 0 Å². The maximum absolute atomic E-state index is 13.7. The molecule has 1 unspecified atom stereocenters. The third-order valence-corrected chi connectivity index (χ3v) is 2.74. The van der Waals surface area contributed by atoms with Gasteiger partial charge in [-0.2, -0.15) is 0 Å². The van der Waals surface area contributed by atoms with Gasteiger partial charge in [0.25, 0.3) is 0 Å². The Hall–Kier alpha value is -0.810. The maximum Gasteiger partial charge on any atom is 0.198 e. The fraction of sp³-hybridized carbons (Fsp3) is 0.455. The number of benzene rings is 1. The Kier molecular flexibility index (Phi) is 4.56. The van der Waals surface area contributed by atoms with Gasteiger partial charge in [0.05, 0.1) is 18.7 Å². The van der Waals surface area contributed by atoms with Gasteiger partial charge in [-0.15, -0.1) is 0 Å². The van der Waals surface area contributed by atoms with E-state index in [4.69, 9.17) is 15.2 Å². The normalized spacial score (nSPS) is 12.4. The Morgan fingerprint density at radius 3 is 2.38 bits per heavy atom. The van der Waals surface area contributed by atoms with Crippen LogP contribution in [0.4, 0.5) is 4.39 Å². The molecule has 0 heterocycles. The molecule has 0 radical (unpaired) electrons. The molecule has 16 heavy (non-hydrogen) atoms. The van der Waals surface area contributed by atoms with Crippen LogP contribution in [0.5, 0.6) is 11.5 Å². The molecule has 1 aromatic rings. The molecule has 0 amide bonds. The minimum Gasteiger partial charge on any atom is -0.492 e. The quantitative estimate of drug-likeness (QED) is 0.927. The average molecular weight is 292 g/mol. The van der Waals surface area contributed by atoms with E-state index >= 15 is 0 Å². The zero-order valence-electron chi connectivity index (χ0n) is 9.51. The molecule has 1 aromatic carbocycles. The van der Waals surface area contributed by atoms with Gasteiger partial charge in [-0.1, -0.05) is 0 Å². The minimum atomic E-state index is -0.465. The van der Waals surface area contributed by atoms with E-state index in [9.17, 15) is 4.39 Å². The van der Waals surface area contributed by atoms with E-state index in [0.717, 1.165) is 5.56 Å². The largest absolute Gasteiger partial charge is 0.492 e. The van der Waals surface area contributed by atoms with E-state index in [-0.39, 0.29) is 11.8 Å². The maximum atomic E-state index is 13.7. The molecule has 0 aliphatic rings. The molecule has 3 nitrogen and oxygen atoms in total. The zero-order valence-corrected chi connectivity index (χ0v) is 11.1. The van der Waals surface area contributed by atoms with Gasteiger partial charge in [0, 0.05) is 11.6 Å². The SMILES string of the molecule is COc1c(CC(C)N)cc(Br)c(F)c1OC. The molecule has 0 saturated carbocycles. The molecule has 0 saturated heterocycles. The van der Waals surface area contributed by atoms with Crippen molar-refractivity contribution in [3.05, 3.63) is 21.9 Å². The van der Waals surface area contributed by atoms with E-state index in [0.29, 0.717) is 16.6 Å². The summed E-state index contributed by atoms with van der Waals surface area (Å²) < 4.78 is 24.2. The third kappa shape index (κ3) is 2.65. The first-order valence-electron chi connectivity index (χ1n) is 4.85. The number of hydrogen-bond donors (Lipinski definition) is 1. The predicted molar refractivity (Wildman–Crippen MR) is 64.6 cm³/mol. The van der Waals surface area contributed by atoms with E-state index in [2.05, 4.69) is 15.9 Å². The highest BCUT2D eigenvalue weighted by atomic mass is 79.9. The fourth-order valence-corrected chi connectivity index (χ4v) is 2.00. The lowest BCUT2D eigenvalue weighted by atomic mass is 10.1. The highest BCUT2D eigenvalue weighted by Gasteiger charge is 2.19. The summed E-state index contributed by atoms with van der Waals surface area (Å²) in [6, 6.07) is 1.64. The van der Waals surface area contributed by atoms with Gasteiger partial charge in [0.1, 0.15) is 0 Å². The Labute approximate surface area is 103 Å². The summed E-state index contributed by atoms with van der Waals surface area (Å²) in [5, 5.41) is 0. The van der Waals surface area contributed by atoms with Crippen molar-refractivity contribution in [2.75, 3.05) is 14.2 Å². The van der Waals surface area contributed by atoms with Gasteiger partial charge < -0.3 is 15.2 Å². The van der Waals surface area contributed by atoms with Crippen LogP contribution in [-0.2, 0) is 6.42 Å². The van der Waals surface area contributed by atoms with Crippen molar-refractivity contribution >= 4 is 15.9 Å². The van der Waals surface area contributed by atoms with Gasteiger partial charge in [-0.25, -0.2) is 4.39 Å². The van der Waals surface area contributed by atoms with Crippen LogP contribution < -0.4 is 15.2 Å². The van der Waals surface area contributed by atoms with E-state index < -0.39 is 5.82 Å².